The van der Waals surface area contributed by atoms with Crippen LogP contribution in [-0.2, 0) is 17.8 Å². The second-order valence-electron chi connectivity index (χ2n) is 8.60. The van der Waals surface area contributed by atoms with Crippen LogP contribution in [-0.4, -0.2) is 39.2 Å². The molecule has 1 aliphatic heterocycles. The Hall–Kier alpha value is -2.99. The van der Waals surface area contributed by atoms with Gasteiger partial charge in [-0.2, -0.15) is 4.98 Å². The Kier molecular flexibility index (Phi) is 5.68. The van der Waals surface area contributed by atoms with E-state index in [9.17, 15) is 4.79 Å². The molecule has 0 aliphatic carbocycles. The zero-order valence-electron chi connectivity index (χ0n) is 17.6. The molecule has 1 N–H and O–H groups in total. The van der Waals surface area contributed by atoms with Crippen molar-refractivity contribution >= 4 is 5.97 Å². The largest absolute Gasteiger partial charge is 0.481 e. The Morgan fingerprint density at radius 2 is 1.87 bits per heavy atom. The summed E-state index contributed by atoms with van der Waals surface area (Å²) in [6.07, 6.45) is 1.05. The molecule has 1 saturated heterocycles. The van der Waals surface area contributed by atoms with Crippen LogP contribution in [0.5, 0.6) is 0 Å². The van der Waals surface area contributed by atoms with Crippen molar-refractivity contribution in [2.75, 3.05) is 13.1 Å². The van der Waals surface area contributed by atoms with Gasteiger partial charge in [0.15, 0.2) is 0 Å². The van der Waals surface area contributed by atoms with Gasteiger partial charge in [0, 0.05) is 30.8 Å². The van der Waals surface area contributed by atoms with Gasteiger partial charge in [0.2, 0.25) is 5.82 Å². The van der Waals surface area contributed by atoms with Gasteiger partial charge in [-0.25, -0.2) is 0 Å². The number of nitrogens with zero attached hydrogens (tertiary/aromatic N) is 3. The molecule has 0 unspecified atom stereocenters. The van der Waals surface area contributed by atoms with E-state index in [4.69, 9.17) is 9.63 Å². The SMILES string of the molecule is Cc1cc(CN2CC(C(=O)O)C2)ccc1-c1noc(-c2ccc(CC(C)C)cc2)n1. The van der Waals surface area contributed by atoms with Crippen molar-refractivity contribution in [1.29, 1.82) is 0 Å². The summed E-state index contributed by atoms with van der Waals surface area (Å²) in [5.74, 6) is 0.777. The van der Waals surface area contributed by atoms with Crippen molar-refractivity contribution in [2.24, 2.45) is 11.8 Å². The van der Waals surface area contributed by atoms with Gasteiger partial charge >= 0.3 is 5.97 Å². The van der Waals surface area contributed by atoms with Crippen molar-refractivity contribution in [1.82, 2.24) is 15.0 Å². The molecule has 0 amide bonds. The molecule has 1 aromatic heterocycles. The number of aliphatic carboxylic acids is 1. The van der Waals surface area contributed by atoms with Crippen LogP contribution in [0.15, 0.2) is 47.0 Å². The first kappa shape index (κ1) is 20.3. The van der Waals surface area contributed by atoms with E-state index in [-0.39, 0.29) is 5.92 Å². The molecule has 4 rings (SSSR count). The summed E-state index contributed by atoms with van der Waals surface area (Å²) in [6.45, 7) is 8.43. The first-order valence-electron chi connectivity index (χ1n) is 10.4. The minimum absolute atomic E-state index is 0.234. The zero-order chi connectivity index (χ0) is 21.3. The maximum absolute atomic E-state index is 10.9. The van der Waals surface area contributed by atoms with Crippen LogP contribution in [0.25, 0.3) is 22.8 Å². The minimum Gasteiger partial charge on any atom is -0.481 e. The molecule has 0 spiro atoms. The van der Waals surface area contributed by atoms with Crippen LogP contribution in [0.2, 0.25) is 0 Å². The molecular weight excluding hydrogens is 378 g/mol. The fraction of sp³-hybridized carbons (Fsp3) is 0.375. The topological polar surface area (TPSA) is 79.5 Å². The van der Waals surface area contributed by atoms with Crippen molar-refractivity contribution in [2.45, 2.75) is 33.7 Å². The summed E-state index contributed by atoms with van der Waals surface area (Å²) in [5.41, 5.74) is 5.39. The third-order valence-electron chi connectivity index (χ3n) is 5.52. The molecule has 0 bridgehead atoms. The monoisotopic (exact) mass is 405 g/mol. The standard InChI is InChI=1S/C24H27N3O3/c1-15(2)10-17-4-7-19(8-5-17)23-25-22(26-30-23)21-9-6-18(11-16(21)3)12-27-13-20(14-27)24(28)29/h4-9,11,15,20H,10,12-14H2,1-3H3,(H,28,29). The lowest BCUT2D eigenvalue weighted by atomic mass is 9.98. The molecule has 2 aromatic carbocycles. The van der Waals surface area contributed by atoms with Gasteiger partial charge in [-0.05, 0) is 48.1 Å². The fourth-order valence-electron chi connectivity index (χ4n) is 3.89. The van der Waals surface area contributed by atoms with E-state index in [2.05, 4.69) is 47.1 Å². The lowest BCUT2D eigenvalue weighted by molar-refractivity contribution is -0.147. The molecular formula is C24H27N3O3. The Labute approximate surface area is 176 Å². The number of carbonyl (C=O) groups is 1. The highest BCUT2D eigenvalue weighted by molar-refractivity contribution is 5.71. The van der Waals surface area contributed by atoms with Gasteiger partial charge in [-0.15, -0.1) is 0 Å². The normalized spacial score (nSPS) is 14.8. The number of hydrogen-bond donors (Lipinski definition) is 1. The Balaban J connectivity index is 1.45. The van der Waals surface area contributed by atoms with Gasteiger partial charge in [0.05, 0.1) is 5.92 Å². The summed E-state index contributed by atoms with van der Waals surface area (Å²) in [7, 11) is 0. The summed E-state index contributed by atoms with van der Waals surface area (Å²) in [6, 6.07) is 14.5. The van der Waals surface area contributed by atoms with Crippen molar-refractivity contribution in [3.05, 3.63) is 59.2 Å². The van der Waals surface area contributed by atoms with E-state index in [0.29, 0.717) is 30.7 Å². The fourth-order valence-corrected chi connectivity index (χ4v) is 3.89. The number of rotatable bonds is 7. The second kappa shape index (κ2) is 8.40. The molecule has 6 nitrogen and oxygen atoms in total. The maximum Gasteiger partial charge on any atom is 0.309 e. The average Bonchev–Trinajstić information content (AvgIpc) is 3.14. The predicted octanol–water partition coefficient (Wildman–Crippen LogP) is 4.43. The number of carboxylic acid groups (broad SMARTS) is 1. The molecule has 0 saturated carbocycles. The van der Waals surface area contributed by atoms with Crippen LogP contribution >= 0.6 is 0 Å². The third kappa shape index (κ3) is 4.44. The highest BCUT2D eigenvalue weighted by atomic mass is 16.5. The Morgan fingerprint density at radius 3 is 2.50 bits per heavy atom. The molecule has 2 heterocycles. The average molecular weight is 405 g/mol. The smallest absolute Gasteiger partial charge is 0.309 e. The van der Waals surface area contributed by atoms with E-state index in [1.165, 1.54) is 5.56 Å². The van der Waals surface area contributed by atoms with Crippen molar-refractivity contribution < 1.29 is 14.4 Å². The minimum atomic E-state index is -0.708. The van der Waals surface area contributed by atoms with Gasteiger partial charge in [-0.1, -0.05) is 49.3 Å². The molecule has 1 fully saturated rings. The van der Waals surface area contributed by atoms with Crippen molar-refractivity contribution in [3.8, 4) is 22.8 Å². The van der Waals surface area contributed by atoms with Gasteiger partial charge in [0.1, 0.15) is 0 Å². The molecule has 0 radical (unpaired) electrons. The van der Waals surface area contributed by atoms with Crippen LogP contribution in [0.4, 0.5) is 0 Å². The number of carboxylic acids is 1. The molecule has 1 aliphatic rings. The van der Waals surface area contributed by atoms with E-state index >= 15 is 0 Å². The van der Waals surface area contributed by atoms with Crippen molar-refractivity contribution in [3.63, 3.8) is 0 Å². The first-order chi connectivity index (χ1) is 14.4. The predicted molar refractivity (Wildman–Crippen MR) is 115 cm³/mol. The number of benzene rings is 2. The molecule has 3 aromatic rings. The van der Waals surface area contributed by atoms with E-state index in [1.54, 1.807) is 0 Å². The number of likely N-dealkylation sites (tertiary alicyclic amines) is 1. The third-order valence-corrected chi connectivity index (χ3v) is 5.52. The summed E-state index contributed by atoms with van der Waals surface area (Å²) < 4.78 is 5.51. The highest BCUT2D eigenvalue weighted by Crippen LogP contribution is 2.27. The quantitative estimate of drug-likeness (QED) is 0.627. The maximum atomic E-state index is 10.9. The van der Waals surface area contributed by atoms with Gasteiger partial charge in [-0.3, -0.25) is 9.69 Å². The molecule has 0 atom stereocenters. The second-order valence-corrected chi connectivity index (χ2v) is 8.60. The molecule has 30 heavy (non-hydrogen) atoms. The van der Waals surface area contributed by atoms with Crippen LogP contribution < -0.4 is 0 Å². The van der Waals surface area contributed by atoms with Crippen LogP contribution in [0.1, 0.15) is 30.5 Å². The van der Waals surface area contributed by atoms with E-state index in [1.807, 2.05) is 31.2 Å². The van der Waals surface area contributed by atoms with Gasteiger partial charge in [0.25, 0.3) is 5.89 Å². The number of aryl methyl sites for hydroxylation is 1. The summed E-state index contributed by atoms with van der Waals surface area (Å²) >= 11 is 0. The Morgan fingerprint density at radius 1 is 1.17 bits per heavy atom. The van der Waals surface area contributed by atoms with Gasteiger partial charge < -0.3 is 9.63 Å². The highest BCUT2D eigenvalue weighted by Gasteiger charge is 2.32. The van der Waals surface area contributed by atoms with Crippen LogP contribution in [0, 0.1) is 18.8 Å². The lowest BCUT2D eigenvalue weighted by Gasteiger charge is -2.36. The molecule has 6 heteroatoms. The first-order valence-corrected chi connectivity index (χ1v) is 10.4. The number of hydrogen-bond acceptors (Lipinski definition) is 5. The number of aromatic nitrogens is 2. The van der Waals surface area contributed by atoms with E-state index in [0.717, 1.165) is 35.2 Å². The van der Waals surface area contributed by atoms with E-state index < -0.39 is 5.97 Å². The molecule has 156 valence electrons. The van der Waals surface area contributed by atoms with Crippen LogP contribution in [0.3, 0.4) is 0 Å². The summed E-state index contributed by atoms with van der Waals surface area (Å²) in [5, 5.41) is 13.2. The zero-order valence-corrected chi connectivity index (χ0v) is 17.6. The summed E-state index contributed by atoms with van der Waals surface area (Å²) in [4.78, 5) is 17.7. The Bertz CT molecular complexity index is 1030. The lowest BCUT2D eigenvalue weighted by Crippen LogP contribution is -2.49.